The Balaban J connectivity index is 1.45. The van der Waals surface area contributed by atoms with Crippen molar-refractivity contribution < 1.29 is 4.79 Å². The summed E-state index contributed by atoms with van der Waals surface area (Å²) in [5.74, 6) is -0.123. The van der Waals surface area contributed by atoms with Gasteiger partial charge in [0.2, 0.25) is 0 Å². The number of hydrogen-bond acceptors (Lipinski definition) is 5. The largest absolute Gasteiger partial charge is 0.322 e. The van der Waals surface area contributed by atoms with Gasteiger partial charge in [-0.25, -0.2) is 0 Å². The van der Waals surface area contributed by atoms with E-state index in [1.807, 2.05) is 66.3 Å². The van der Waals surface area contributed by atoms with Crippen molar-refractivity contribution >= 4 is 11.6 Å². The van der Waals surface area contributed by atoms with Crippen molar-refractivity contribution in [3.8, 4) is 11.3 Å². The summed E-state index contributed by atoms with van der Waals surface area (Å²) in [6.07, 6.45) is 1.95. The Morgan fingerprint density at radius 3 is 2.69 bits per heavy atom. The summed E-state index contributed by atoms with van der Waals surface area (Å²) < 4.78 is 1.88. The third kappa shape index (κ3) is 4.88. The number of amides is 1. The average molecular weight is 390 g/mol. The first-order chi connectivity index (χ1) is 14.2. The van der Waals surface area contributed by atoms with Crippen molar-refractivity contribution in [3.05, 3.63) is 65.9 Å². The minimum Gasteiger partial charge on any atom is -0.322 e. The number of aromatic nitrogens is 3. The highest BCUT2D eigenvalue weighted by Gasteiger charge is 2.14. The molecule has 2 N–H and O–H groups in total. The Hall–Kier alpha value is -3.03. The van der Waals surface area contributed by atoms with Crippen molar-refractivity contribution in [2.75, 3.05) is 38.0 Å². The van der Waals surface area contributed by atoms with Crippen LogP contribution >= 0.6 is 0 Å². The molecule has 1 amide bonds. The zero-order chi connectivity index (χ0) is 20.1. The number of piperazine rings is 1. The third-order valence-corrected chi connectivity index (χ3v) is 5.20. The van der Waals surface area contributed by atoms with Crippen LogP contribution in [0.3, 0.4) is 0 Å². The van der Waals surface area contributed by atoms with Gasteiger partial charge in [-0.15, -0.1) is 5.10 Å². The van der Waals surface area contributed by atoms with Crippen LogP contribution in [-0.4, -0.2) is 58.5 Å². The van der Waals surface area contributed by atoms with Crippen LogP contribution in [0, 0.1) is 6.92 Å². The van der Waals surface area contributed by atoms with E-state index in [1.165, 1.54) is 0 Å². The third-order valence-electron chi connectivity index (χ3n) is 5.20. The van der Waals surface area contributed by atoms with Gasteiger partial charge in [0.1, 0.15) is 5.69 Å². The maximum absolute atomic E-state index is 12.7. The van der Waals surface area contributed by atoms with Crippen molar-refractivity contribution in [2.24, 2.45) is 0 Å². The van der Waals surface area contributed by atoms with Gasteiger partial charge in [0.25, 0.3) is 5.91 Å². The molecule has 0 bridgehead atoms. The minimum atomic E-state index is -0.123. The van der Waals surface area contributed by atoms with Gasteiger partial charge in [0.15, 0.2) is 0 Å². The number of hydrogen-bond donors (Lipinski definition) is 2. The molecule has 0 unspecified atom stereocenters. The van der Waals surface area contributed by atoms with Crippen LogP contribution in [0.4, 0.5) is 5.69 Å². The first kappa shape index (κ1) is 19.3. The molecule has 0 radical (unpaired) electrons. The lowest BCUT2D eigenvalue weighted by molar-refractivity contribution is 0.102. The Bertz CT molecular complexity index is 962. The van der Waals surface area contributed by atoms with Gasteiger partial charge in [-0.1, -0.05) is 35.5 Å². The van der Waals surface area contributed by atoms with E-state index in [4.69, 9.17) is 0 Å². The number of anilines is 1. The first-order valence-corrected chi connectivity index (χ1v) is 10.00. The molecule has 7 nitrogen and oxygen atoms in total. The molecule has 1 aromatic heterocycles. The smallest absolute Gasteiger partial charge is 0.255 e. The molecule has 3 aromatic rings. The summed E-state index contributed by atoms with van der Waals surface area (Å²) in [5, 5.41) is 14.9. The van der Waals surface area contributed by atoms with Crippen LogP contribution in [-0.2, 0) is 6.54 Å². The Kier molecular flexibility index (Phi) is 5.97. The van der Waals surface area contributed by atoms with E-state index < -0.39 is 0 Å². The molecule has 2 aromatic carbocycles. The first-order valence-electron chi connectivity index (χ1n) is 10.00. The zero-order valence-corrected chi connectivity index (χ0v) is 16.6. The molecule has 2 heterocycles. The van der Waals surface area contributed by atoms with Gasteiger partial charge in [0.05, 0.1) is 12.7 Å². The highest BCUT2D eigenvalue weighted by Crippen LogP contribution is 2.21. The molecule has 0 saturated carbocycles. The Labute approximate surface area is 170 Å². The van der Waals surface area contributed by atoms with Crippen molar-refractivity contribution in [3.63, 3.8) is 0 Å². The fourth-order valence-corrected chi connectivity index (χ4v) is 3.46. The van der Waals surface area contributed by atoms with Gasteiger partial charge in [0, 0.05) is 49.5 Å². The molecule has 1 aliphatic rings. The lowest BCUT2D eigenvalue weighted by Crippen LogP contribution is -2.44. The molecule has 1 saturated heterocycles. The maximum atomic E-state index is 12.7. The number of nitrogens with one attached hydrogen (secondary N) is 2. The quantitative estimate of drug-likeness (QED) is 0.676. The van der Waals surface area contributed by atoms with E-state index in [0.717, 1.165) is 61.8 Å². The van der Waals surface area contributed by atoms with E-state index in [0.29, 0.717) is 5.56 Å². The van der Waals surface area contributed by atoms with Crippen LogP contribution in [0.5, 0.6) is 0 Å². The van der Waals surface area contributed by atoms with E-state index in [1.54, 1.807) is 0 Å². The molecular formula is C22H26N6O. The van der Waals surface area contributed by atoms with Crippen molar-refractivity contribution in [1.29, 1.82) is 0 Å². The summed E-state index contributed by atoms with van der Waals surface area (Å²) >= 11 is 0. The number of rotatable bonds is 6. The Morgan fingerprint density at radius 2 is 1.90 bits per heavy atom. The van der Waals surface area contributed by atoms with Crippen LogP contribution < -0.4 is 10.6 Å². The fourth-order valence-electron chi connectivity index (χ4n) is 3.46. The molecule has 1 aliphatic heterocycles. The van der Waals surface area contributed by atoms with Crippen LogP contribution in [0.2, 0.25) is 0 Å². The van der Waals surface area contributed by atoms with Crippen LogP contribution in [0.25, 0.3) is 11.3 Å². The van der Waals surface area contributed by atoms with Crippen LogP contribution in [0.1, 0.15) is 15.9 Å². The predicted molar refractivity (Wildman–Crippen MR) is 114 cm³/mol. The molecule has 7 heteroatoms. The minimum absolute atomic E-state index is 0.123. The maximum Gasteiger partial charge on any atom is 0.255 e. The van der Waals surface area contributed by atoms with E-state index in [9.17, 15) is 4.79 Å². The monoisotopic (exact) mass is 390 g/mol. The zero-order valence-electron chi connectivity index (χ0n) is 16.6. The second kappa shape index (κ2) is 8.98. The van der Waals surface area contributed by atoms with Crippen molar-refractivity contribution in [1.82, 2.24) is 25.2 Å². The Morgan fingerprint density at radius 1 is 1.10 bits per heavy atom. The van der Waals surface area contributed by atoms with Gasteiger partial charge < -0.3 is 10.6 Å². The SMILES string of the molecule is Cc1ccc(-c2cn(CCN3CCNCC3)nn2)cc1C(=O)Nc1ccccc1. The summed E-state index contributed by atoms with van der Waals surface area (Å²) in [5.41, 5.74) is 4.01. The van der Waals surface area contributed by atoms with E-state index in [-0.39, 0.29) is 5.91 Å². The predicted octanol–water partition coefficient (Wildman–Crippen LogP) is 2.41. The van der Waals surface area contributed by atoms with Gasteiger partial charge in [-0.3, -0.25) is 14.4 Å². The average Bonchev–Trinajstić information content (AvgIpc) is 3.23. The molecule has 29 heavy (non-hydrogen) atoms. The number of carbonyl (C=O) groups is 1. The topological polar surface area (TPSA) is 75.1 Å². The number of carbonyl (C=O) groups excluding carboxylic acids is 1. The number of nitrogens with zero attached hydrogens (tertiary/aromatic N) is 4. The standard InChI is InChI=1S/C22H26N6O/c1-17-7-8-18(15-20(17)22(29)24-19-5-3-2-4-6-19)21-16-28(26-25-21)14-13-27-11-9-23-10-12-27/h2-8,15-16,23H,9-14H2,1H3,(H,24,29). The lowest BCUT2D eigenvalue weighted by atomic mass is 10.0. The van der Waals surface area contributed by atoms with Gasteiger partial charge in [-0.05, 0) is 30.7 Å². The summed E-state index contributed by atoms with van der Waals surface area (Å²) in [6.45, 7) is 7.93. The van der Waals surface area contributed by atoms with Gasteiger partial charge >= 0.3 is 0 Å². The highest BCUT2D eigenvalue weighted by molar-refractivity contribution is 6.05. The van der Waals surface area contributed by atoms with E-state index in [2.05, 4.69) is 25.8 Å². The van der Waals surface area contributed by atoms with Crippen molar-refractivity contribution in [2.45, 2.75) is 13.5 Å². The second-order valence-corrected chi connectivity index (χ2v) is 7.31. The summed E-state index contributed by atoms with van der Waals surface area (Å²) in [4.78, 5) is 15.2. The molecule has 1 fully saturated rings. The molecule has 4 rings (SSSR count). The molecule has 0 spiro atoms. The summed E-state index contributed by atoms with van der Waals surface area (Å²) in [6, 6.07) is 15.3. The summed E-state index contributed by atoms with van der Waals surface area (Å²) in [7, 11) is 0. The number of para-hydroxylation sites is 1. The fraction of sp³-hybridized carbons (Fsp3) is 0.318. The normalized spacial score (nSPS) is 14.7. The van der Waals surface area contributed by atoms with Crippen LogP contribution in [0.15, 0.2) is 54.7 Å². The lowest BCUT2D eigenvalue weighted by Gasteiger charge is -2.26. The number of aryl methyl sites for hydroxylation is 1. The molecule has 0 atom stereocenters. The molecular weight excluding hydrogens is 364 g/mol. The second-order valence-electron chi connectivity index (χ2n) is 7.31. The molecule has 0 aliphatic carbocycles. The van der Waals surface area contributed by atoms with E-state index >= 15 is 0 Å². The highest BCUT2D eigenvalue weighted by atomic mass is 16.1. The number of benzene rings is 2. The molecule has 150 valence electrons. The van der Waals surface area contributed by atoms with Gasteiger partial charge in [-0.2, -0.15) is 0 Å².